The number of pyridine rings is 1. The monoisotopic (exact) mass is 367 g/mol. The number of aromatic nitrogens is 3. The van der Waals surface area contributed by atoms with Gasteiger partial charge >= 0.3 is 5.97 Å². The Kier molecular flexibility index (Phi) is 5.90. The molecule has 0 saturated heterocycles. The van der Waals surface area contributed by atoms with Gasteiger partial charge in [-0.3, -0.25) is 9.67 Å². The molecule has 3 aromatic rings. The van der Waals surface area contributed by atoms with Gasteiger partial charge in [-0.2, -0.15) is 15.6 Å². The molecule has 1 N–H and O–H groups in total. The van der Waals surface area contributed by atoms with Crippen molar-refractivity contribution in [3.8, 4) is 12.1 Å². The predicted molar refractivity (Wildman–Crippen MR) is 95.8 cm³/mol. The van der Waals surface area contributed by atoms with Crippen molar-refractivity contribution in [2.24, 2.45) is 0 Å². The first kappa shape index (κ1) is 18.9. The number of aromatic carboxylic acids is 1. The minimum absolute atomic E-state index is 0.159. The molecule has 0 spiro atoms. The zero-order valence-electron chi connectivity index (χ0n) is 14.1. The maximum Gasteiger partial charge on any atom is 0.340 e. The molecular weight excluding hydrogens is 354 g/mol. The van der Waals surface area contributed by atoms with Crippen molar-refractivity contribution in [1.29, 1.82) is 10.5 Å². The summed E-state index contributed by atoms with van der Waals surface area (Å²) in [7, 11) is 0. The molecule has 0 unspecified atom stereocenters. The van der Waals surface area contributed by atoms with Crippen molar-refractivity contribution in [1.82, 2.24) is 14.8 Å². The lowest BCUT2D eigenvalue weighted by Gasteiger charge is -2.06. The third kappa shape index (κ3) is 3.80. The van der Waals surface area contributed by atoms with Crippen LogP contribution in [0.15, 0.2) is 30.6 Å². The summed E-state index contributed by atoms with van der Waals surface area (Å²) in [5.74, 6) is -1.22. The van der Waals surface area contributed by atoms with Crippen LogP contribution in [0.25, 0.3) is 10.9 Å². The Labute approximate surface area is 154 Å². The van der Waals surface area contributed by atoms with Crippen LogP contribution in [0.2, 0.25) is 5.02 Å². The standard InChI is InChI=1S/C16H8ClN5O2.C2H6/c17-12-3-10-1-9(2-11(4-18)15(10)20-6-12)7-22-8-13(16(23)24)14(5-19)21-22;1-2/h1-3,6,8H,7H2,(H,23,24);1-2H3. The lowest BCUT2D eigenvalue weighted by molar-refractivity contribution is 0.0696. The number of carboxylic acids is 1. The van der Waals surface area contributed by atoms with E-state index in [1.807, 2.05) is 13.8 Å². The smallest absolute Gasteiger partial charge is 0.340 e. The largest absolute Gasteiger partial charge is 0.478 e. The van der Waals surface area contributed by atoms with Crippen LogP contribution in [-0.4, -0.2) is 25.8 Å². The number of rotatable bonds is 3. The van der Waals surface area contributed by atoms with Crippen molar-refractivity contribution in [3.63, 3.8) is 0 Å². The van der Waals surface area contributed by atoms with E-state index in [-0.39, 0.29) is 17.8 Å². The second kappa shape index (κ2) is 8.11. The zero-order chi connectivity index (χ0) is 19.3. The molecule has 0 aliphatic heterocycles. The molecule has 8 heteroatoms. The van der Waals surface area contributed by atoms with Crippen LogP contribution in [0, 0.1) is 22.7 Å². The van der Waals surface area contributed by atoms with E-state index in [0.717, 1.165) is 0 Å². The van der Waals surface area contributed by atoms with E-state index in [0.29, 0.717) is 27.1 Å². The normalized spacial score (nSPS) is 9.73. The highest BCUT2D eigenvalue weighted by atomic mass is 35.5. The van der Waals surface area contributed by atoms with E-state index in [2.05, 4.69) is 16.2 Å². The van der Waals surface area contributed by atoms with Crippen molar-refractivity contribution < 1.29 is 9.90 Å². The Balaban J connectivity index is 0.00000117. The van der Waals surface area contributed by atoms with E-state index < -0.39 is 5.97 Å². The van der Waals surface area contributed by atoms with Gasteiger partial charge in [0.25, 0.3) is 0 Å². The molecule has 130 valence electrons. The summed E-state index contributed by atoms with van der Waals surface area (Å²) >= 11 is 5.94. The van der Waals surface area contributed by atoms with E-state index in [4.69, 9.17) is 22.0 Å². The number of hydrogen-bond acceptors (Lipinski definition) is 5. The number of carbonyl (C=O) groups is 1. The van der Waals surface area contributed by atoms with Crippen LogP contribution in [-0.2, 0) is 6.54 Å². The minimum Gasteiger partial charge on any atom is -0.478 e. The van der Waals surface area contributed by atoms with Gasteiger partial charge < -0.3 is 5.11 Å². The molecule has 0 radical (unpaired) electrons. The summed E-state index contributed by atoms with van der Waals surface area (Å²) in [6.45, 7) is 4.21. The Morgan fingerprint density at radius 2 is 2.00 bits per heavy atom. The quantitative estimate of drug-likeness (QED) is 0.756. The zero-order valence-corrected chi connectivity index (χ0v) is 14.8. The number of fused-ring (bicyclic) bond motifs is 1. The van der Waals surface area contributed by atoms with Gasteiger partial charge in [-0.1, -0.05) is 25.4 Å². The third-order valence-corrected chi connectivity index (χ3v) is 3.58. The summed E-state index contributed by atoms with van der Waals surface area (Å²) < 4.78 is 1.35. The lowest BCUT2D eigenvalue weighted by atomic mass is 10.1. The Bertz CT molecular complexity index is 1060. The van der Waals surface area contributed by atoms with Crippen LogP contribution in [0.3, 0.4) is 0 Å². The fourth-order valence-corrected chi connectivity index (χ4v) is 2.56. The Morgan fingerprint density at radius 1 is 1.27 bits per heavy atom. The lowest BCUT2D eigenvalue weighted by Crippen LogP contribution is -2.01. The average Bonchev–Trinajstić information content (AvgIpc) is 3.05. The van der Waals surface area contributed by atoms with Crippen LogP contribution in [0.5, 0.6) is 0 Å². The van der Waals surface area contributed by atoms with Crippen LogP contribution < -0.4 is 0 Å². The molecule has 2 heterocycles. The Hall–Kier alpha value is -3.42. The number of nitriles is 2. The second-order valence-electron chi connectivity index (χ2n) is 4.99. The number of hydrogen-bond donors (Lipinski definition) is 1. The summed E-state index contributed by atoms with van der Waals surface area (Å²) in [5.41, 5.74) is 1.31. The first-order valence-corrected chi connectivity index (χ1v) is 8.08. The maximum atomic E-state index is 11.1. The first-order chi connectivity index (χ1) is 12.5. The maximum absolute atomic E-state index is 11.1. The van der Waals surface area contributed by atoms with Crippen molar-refractivity contribution in [2.45, 2.75) is 20.4 Å². The summed E-state index contributed by atoms with van der Waals surface area (Å²) in [6.07, 6.45) is 2.75. The molecule has 0 fully saturated rings. The first-order valence-electron chi connectivity index (χ1n) is 7.71. The SMILES string of the molecule is CC.N#Cc1nn(Cc2cc(C#N)c3ncc(Cl)cc3c2)cc1C(=O)O. The van der Waals surface area contributed by atoms with Gasteiger partial charge in [-0.25, -0.2) is 4.79 Å². The fourth-order valence-electron chi connectivity index (χ4n) is 2.39. The molecule has 0 atom stereocenters. The topological polar surface area (TPSA) is 116 Å². The van der Waals surface area contributed by atoms with E-state index in [1.54, 1.807) is 24.3 Å². The van der Waals surface area contributed by atoms with E-state index in [1.165, 1.54) is 17.1 Å². The van der Waals surface area contributed by atoms with Crippen LogP contribution in [0.1, 0.15) is 41.0 Å². The number of nitrogens with zero attached hydrogens (tertiary/aromatic N) is 5. The number of halogens is 1. The molecule has 0 amide bonds. The average molecular weight is 368 g/mol. The number of carboxylic acid groups (broad SMARTS) is 1. The third-order valence-electron chi connectivity index (χ3n) is 3.37. The van der Waals surface area contributed by atoms with Gasteiger partial charge in [-0.05, 0) is 23.8 Å². The molecule has 26 heavy (non-hydrogen) atoms. The van der Waals surface area contributed by atoms with E-state index in [9.17, 15) is 10.1 Å². The van der Waals surface area contributed by atoms with Gasteiger partial charge in [0.05, 0.1) is 22.6 Å². The molecule has 0 saturated carbocycles. The van der Waals surface area contributed by atoms with E-state index >= 15 is 0 Å². The van der Waals surface area contributed by atoms with Gasteiger partial charge in [0.1, 0.15) is 17.7 Å². The predicted octanol–water partition coefficient (Wildman–Crippen LogP) is 3.60. The summed E-state index contributed by atoms with van der Waals surface area (Å²) in [5, 5.41) is 32.4. The molecule has 2 aromatic heterocycles. The van der Waals surface area contributed by atoms with Gasteiger partial charge in [0.15, 0.2) is 5.69 Å². The Morgan fingerprint density at radius 3 is 2.58 bits per heavy atom. The van der Waals surface area contributed by atoms with Crippen molar-refractivity contribution >= 4 is 28.5 Å². The van der Waals surface area contributed by atoms with Gasteiger partial charge in [0.2, 0.25) is 0 Å². The molecule has 0 bridgehead atoms. The molecule has 3 rings (SSSR count). The molecule has 0 aliphatic rings. The molecule has 7 nitrogen and oxygen atoms in total. The van der Waals surface area contributed by atoms with Gasteiger partial charge in [0, 0.05) is 17.8 Å². The second-order valence-corrected chi connectivity index (χ2v) is 5.42. The van der Waals surface area contributed by atoms with Crippen molar-refractivity contribution in [2.75, 3.05) is 0 Å². The summed E-state index contributed by atoms with van der Waals surface area (Å²) in [4.78, 5) is 15.2. The van der Waals surface area contributed by atoms with Gasteiger partial charge in [-0.15, -0.1) is 0 Å². The summed E-state index contributed by atoms with van der Waals surface area (Å²) in [6, 6.07) is 8.97. The van der Waals surface area contributed by atoms with Crippen LogP contribution in [0.4, 0.5) is 0 Å². The van der Waals surface area contributed by atoms with Crippen molar-refractivity contribution in [3.05, 3.63) is 58.0 Å². The highest BCUT2D eigenvalue weighted by Gasteiger charge is 2.15. The highest BCUT2D eigenvalue weighted by molar-refractivity contribution is 6.31. The minimum atomic E-state index is -1.22. The number of benzene rings is 1. The van der Waals surface area contributed by atoms with Crippen LogP contribution >= 0.6 is 11.6 Å². The fraction of sp³-hybridized carbons (Fsp3) is 0.167. The molecule has 1 aromatic carbocycles. The molecular formula is C18H14ClN5O2. The molecule has 0 aliphatic carbocycles. The highest BCUT2D eigenvalue weighted by Crippen LogP contribution is 2.22.